The molecular weight excluding hydrogens is 305 g/mol. The van der Waals surface area contributed by atoms with Gasteiger partial charge in [0.1, 0.15) is 5.82 Å². The van der Waals surface area contributed by atoms with Crippen LogP contribution in [0.2, 0.25) is 5.28 Å². The molecule has 94 valence electrons. The zero-order valence-electron chi connectivity index (χ0n) is 9.37. The molecule has 2 N–H and O–H groups in total. The van der Waals surface area contributed by atoms with Crippen LogP contribution in [0, 0.1) is 11.8 Å². The van der Waals surface area contributed by atoms with E-state index in [2.05, 4.69) is 31.2 Å². The van der Waals surface area contributed by atoms with Gasteiger partial charge < -0.3 is 10.4 Å². The van der Waals surface area contributed by atoms with Gasteiger partial charge >= 0.3 is 0 Å². The molecule has 0 aliphatic heterocycles. The summed E-state index contributed by atoms with van der Waals surface area (Å²) in [6.45, 7) is 1.09. The van der Waals surface area contributed by atoms with Crippen LogP contribution in [0.25, 0.3) is 0 Å². The fourth-order valence-electron chi connectivity index (χ4n) is 2.32. The Morgan fingerprint density at radius 3 is 3.00 bits per heavy atom. The molecular formula is C11H15BrClN3O. The number of halogens is 2. The minimum atomic E-state index is 0.237. The third-order valence-electron chi connectivity index (χ3n) is 3.30. The Morgan fingerprint density at radius 1 is 1.47 bits per heavy atom. The predicted octanol–water partition coefficient (Wildman–Crippen LogP) is 2.71. The van der Waals surface area contributed by atoms with Crippen molar-refractivity contribution in [1.29, 1.82) is 0 Å². The van der Waals surface area contributed by atoms with Crippen LogP contribution in [0.15, 0.2) is 10.7 Å². The second-order valence-electron chi connectivity index (χ2n) is 4.35. The first kappa shape index (κ1) is 13.1. The van der Waals surface area contributed by atoms with E-state index in [9.17, 15) is 5.11 Å². The van der Waals surface area contributed by atoms with Gasteiger partial charge in [0.05, 0.1) is 4.47 Å². The topological polar surface area (TPSA) is 58.0 Å². The molecule has 1 heterocycles. The maximum absolute atomic E-state index is 9.25. The van der Waals surface area contributed by atoms with Crippen molar-refractivity contribution in [1.82, 2.24) is 9.97 Å². The van der Waals surface area contributed by atoms with Gasteiger partial charge in [-0.25, -0.2) is 4.98 Å². The molecule has 1 aliphatic rings. The van der Waals surface area contributed by atoms with Crippen molar-refractivity contribution in [3.8, 4) is 0 Å². The number of hydrogen-bond acceptors (Lipinski definition) is 4. The molecule has 0 aromatic carbocycles. The lowest BCUT2D eigenvalue weighted by atomic mass is 9.97. The minimum Gasteiger partial charge on any atom is -0.396 e. The summed E-state index contributed by atoms with van der Waals surface area (Å²) in [7, 11) is 0. The van der Waals surface area contributed by atoms with Crippen LogP contribution in [-0.2, 0) is 0 Å². The molecule has 0 radical (unpaired) electrons. The highest BCUT2D eigenvalue weighted by Crippen LogP contribution is 2.31. The number of anilines is 1. The smallest absolute Gasteiger partial charge is 0.224 e. The van der Waals surface area contributed by atoms with Crippen molar-refractivity contribution < 1.29 is 5.11 Å². The average molecular weight is 321 g/mol. The van der Waals surface area contributed by atoms with Crippen LogP contribution in [0.5, 0.6) is 0 Å². The van der Waals surface area contributed by atoms with Crippen molar-refractivity contribution in [3.05, 3.63) is 16.0 Å². The molecule has 1 saturated carbocycles. The van der Waals surface area contributed by atoms with E-state index in [1.807, 2.05) is 0 Å². The van der Waals surface area contributed by atoms with Gasteiger partial charge in [0, 0.05) is 19.3 Å². The third-order valence-corrected chi connectivity index (χ3v) is 4.06. The molecule has 6 heteroatoms. The van der Waals surface area contributed by atoms with E-state index in [1.54, 1.807) is 6.20 Å². The highest BCUT2D eigenvalue weighted by molar-refractivity contribution is 9.10. The first-order valence-electron chi connectivity index (χ1n) is 5.73. The maximum atomic E-state index is 9.25. The van der Waals surface area contributed by atoms with Crippen molar-refractivity contribution in [2.24, 2.45) is 11.8 Å². The van der Waals surface area contributed by atoms with Gasteiger partial charge in [-0.2, -0.15) is 4.98 Å². The van der Waals surface area contributed by atoms with E-state index >= 15 is 0 Å². The minimum absolute atomic E-state index is 0.237. The molecule has 2 atom stereocenters. The average Bonchev–Trinajstić information content (AvgIpc) is 2.77. The van der Waals surface area contributed by atoms with Crippen molar-refractivity contribution in [2.75, 3.05) is 18.5 Å². The molecule has 4 nitrogen and oxygen atoms in total. The fourth-order valence-corrected chi connectivity index (χ4v) is 2.78. The van der Waals surface area contributed by atoms with Gasteiger partial charge in [-0.15, -0.1) is 0 Å². The predicted molar refractivity (Wildman–Crippen MR) is 71.1 cm³/mol. The zero-order chi connectivity index (χ0) is 12.3. The molecule has 2 unspecified atom stereocenters. The second-order valence-corrected chi connectivity index (χ2v) is 5.54. The lowest BCUT2D eigenvalue weighted by Crippen LogP contribution is -2.21. The summed E-state index contributed by atoms with van der Waals surface area (Å²) in [5, 5.41) is 12.8. The first-order valence-corrected chi connectivity index (χ1v) is 6.90. The van der Waals surface area contributed by atoms with Crippen molar-refractivity contribution in [3.63, 3.8) is 0 Å². The highest BCUT2D eigenvalue weighted by Gasteiger charge is 2.26. The molecule has 0 spiro atoms. The van der Waals surface area contributed by atoms with Gasteiger partial charge in [0.15, 0.2) is 0 Å². The second kappa shape index (κ2) is 5.98. The lowest BCUT2D eigenvalue weighted by molar-refractivity contribution is 0.199. The van der Waals surface area contributed by atoms with E-state index in [4.69, 9.17) is 11.6 Å². The van der Waals surface area contributed by atoms with E-state index in [1.165, 1.54) is 6.42 Å². The highest BCUT2D eigenvalue weighted by atomic mass is 79.9. The van der Waals surface area contributed by atoms with Crippen molar-refractivity contribution >= 4 is 33.3 Å². The van der Waals surface area contributed by atoms with E-state index < -0.39 is 0 Å². The lowest BCUT2D eigenvalue weighted by Gasteiger charge is -2.18. The number of aliphatic hydroxyl groups is 1. The molecule has 1 aromatic heterocycles. The summed E-state index contributed by atoms with van der Waals surface area (Å²) in [5.74, 6) is 1.65. The molecule has 1 fully saturated rings. The maximum Gasteiger partial charge on any atom is 0.224 e. The van der Waals surface area contributed by atoms with E-state index in [0.717, 1.165) is 23.9 Å². The van der Waals surface area contributed by atoms with Crippen LogP contribution in [-0.4, -0.2) is 28.2 Å². The van der Waals surface area contributed by atoms with Gasteiger partial charge in [0.25, 0.3) is 0 Å². The summed E-state index contributed by atoms with van der Waals surface area (Å²) < 4.78 is 0.806. The first-order chi connectivity index (χ1) is 8.20. The monoisotopic (exact) mass is 319 g/mol. The van der Waals surface area contributed by atoms with Gasteiger partial charge in [0.2, 0.25) is 5.28 Å². The summed E-state index contributed by atoms with van der Waals surface area (Å²) >= 11 is 9.12. The molecule has 2 rings (SSSR count). The third kappa shape index (κ3) is 3.30. The van der Waals surface area contributed by atoms with Gasteiger partial charge in [-0.1, -0.05) is 6.42 Å². The Balaban J connectivity index is 1.95. The summed E-state index contributed by atoms with van der Waals surface area (Å²) in [5.41, 5.74) is 0. The number of hydrogen-bond donors (Lipinski definition) is 2. The van der Waals surface area contributed by atoms with Gasteiger partial charge in [-0.05, 0) is 52.2 Å². The number of aliphatic hydroxyl groups excluding tert-OH is 1. The van der Waals surface area contributed by atoms with Crippen LogP contribution in [0.3, 0.4) is 0 Å². The Bertz CT molecular complexity index is 391. The summed E-state index contributed by atoms with van der Waals surface area (Å²) in [6, 6.07) is 0. The van der Waals surface area contributed by atoms with Crippen LogP contribution >= 0.6 is 27.5 Å². The molecule has 17 heavy (non-hydrogen) atoms. The molecule has 0 amide bonds. The van der Waals surface area contributed by atoms with Crippen LogP contribution < -0.4 is 5.32 Å². The fraction of sp³-hybridized carbons (Fsp3) is 0.636. The molecule has 0 saturated heterocycles. The SMILES string of the molecule is OCC1CCCC1CNc1nc(Cl)ncc1Br. The van der Waals surface area contributed by atoms with Gasteiger partial charge in [-0.3, -0.25) is 0 Å². The summed E-state index contributed by atoms with van der Waals surface area (Å²) in [6.07, 6.45) is 5.11. The van der Waals surface area contributed by atoms with E-state index in [0.29, 0.717) is 17.7 Å². The summed E-state index contributed by atoms with van der Waals surface area (Å²) in [4.78, 5) is 8.00. The number of aromatic nitrogens is 2. The number of nitrogens with zero attached hydrogens (tertiary/aromatic N) is 2. The van der Waals surface area contributed by atoms with E-state index in [-0.39, 0.29) is 11.9 Å². The Kier molecular flexibility index (Phi) is 4.59. The standard InChI is InChI=1S/C11H15BrClN3O/c12-9-5-15-11(13)16-10(9)14-4-7-2-1-3-8(7)6-17/h5,7-8,17H,1-4,6H2,(H,14,15,16). The number of nitrogens with one attached hydrogen (secondary N) is 1. The molecule has 0 bridgehead atoms. The largest absolute Gasteiger partial charge is 0.396 e. The quantitative estimate of drug-likeness (QED) is 0.838. The molecule has 1 aliphatic carbocycles. The Hall–Kier alpha value is -0.390. The van der Waals surface area contributed by atoms with Crippen LogP contribution in [0.4, 0.5) is 5.82 Å². The van der Waals surface area contributed by atoms with Crippen LogP contribution in [0.1, 0.15) is 19.3 Å². The van der Waals surface area contributed by atoms with Crippen molar-refractivity contribution in [2.45, 2.75) is 19.3 Å². The Morgan fingerprint density at radius 2 is 2.24 bits per heavy atom. The normalized spacial score (nSPS) is 23.9. The zero-order valence-corrected chi connectivity index (χ0v) is 11.7. The molecule has 1 aromatic rings. The number of rotatable bonds is 4. The Labute approximate surface area is 114 Å².